The number of hydrogen-bond donors (Lipinski definition) is 1. The van der Waals surface area contributed by atoms with E-state index in [-0.39, 0.29) is 12.1 Å². The lowest BCUT2D eigenvalue weighted by molar-refractivity contribution is 0.0527. The molecule has 1 aromatic carbocycles. The molecular formula is C14H19NO2. The van der Waals surface area contributed by atoms with Crippen molar-refractivity contribution in [2.24, 2.45) is 5.73 Å². The highest BCUT2D eigenvalue weighted by Gasteiger charge is 2.19. The molecule has 3 nitrogen and oxygen atoms in total. The molecule has 1 heterocycles. The van der Waals surface area contributed by atoms with E-state index in [2.05, 4.69) is 13.0 Å². The van der Waals surface area contributed by atoms with E-state index < -0.39 is 0 Å². The van der Waals surface area contributed by atoms with Crippen LogP contribution in [0.2, 0.25) is 0 Å². The summed E-state index contributed by atoms with van der Waals surface area (Å²) in [4.78, 5) is 0. The first-order valence-corrected chi connectivity index (χ1v) is 5.99. The van der Waals surface area contributed by atoms with E-state index in [0.717, 1.165) is 16.7 Å². The van der Waals surface area contributed by atoms with Crippen molar-refractivity contribution in [2.45, 2.75) is 32.9 Å². The fraction of sp³-hybridized carbons (Fsp3) is 0.429. The Morgan fingerprint density at radius 2 is 2.12 bits per heavy atom. The van der Waals surface area contributed by atoms with Gasteiger partial charge < -0.3 is 14.9 Å². The molecule has 0 radical (unpaired) electrons. The van der Waals surface area contributed by atoms with E-state index in [9.17, 15) is 0 Å². The molecule has 0 saturated heterocycles. The van der Waals surface area contributed by atoms with Crippen LogP contribution in [-0.2, 0) is 4.74 Å². The van der Waals surface area contributed by atoms with E-state index in [0.29, 0.717) is 6.61 Å². The number of ether oxygens (including phenoxy) is 1. The average molecular weight is 233 g/mol. The first kappa shape index (κ1) is 12.1. The van der Waals surface area contributed by atoms with Gasteiger partial charge in [-0.2, -0.15) is 0 Å². The molecule has 2 rings (SSSR count). The molecule has 0 aliphatic carbocycles. The molecule has 2 N–H and O–H groups in total. The topological polar surface area (TPSA) is 48.4 Å². The average Bonchev–Trinajstić information content (AvgIpc) is 2.71. The largest absolute Gasteiger partial charge is 0.459 e. The summed E-state index contributed by atoms with van der Waals surface area (Å²) in [6, 6.07) is 7.89. The SMILES string of the molecule is CCOC(C)C(N)c1cc2cc(C)ccc2o1. The Bertz CT molecular complexity index is 504. The van der Waals surface area contributed by atoms with Gasteiger partial charge in [0.1, 0.15) is 11.3 Å². The lowest BCUT2D eigenvalue weighted by atomic mass is 10.1. The van der Waals surface area contributed by atoms with Crippen LogP contribution >= 0.6 is 0 Å². The molecule has 1 aromatic heterocycles. The molecule has 2 aromatic rings. The van der Waals surface area contributed by atoms with Crippen molar-refractivity contribution < 1.29 is 9.15 Å². The molecule has 0 saturated carbocycles. The van der Waals surface area contributed by atoms with Crippen molar-refractivity contribution in [1.29, 1.82) is 0 Å². The van der Waals surface area contributed by atoms with Gasteiger partial charge in [-0.1, -0.05) is 11.6 Å². The van der Waals surface area contributed by atoms with E-state index >= 15 is 0 Å². The number of furan rings is 1. The molecule has 3 heteroatoms. The fourth-order valence-electron chi connectivity index (χ4n) is 1.95. The third-order valence-electron chi connectivity index (χ3n) is 2.95. The highest BCUT2D eigenvalue weighted by atomic mass is 16.5. The number of nitrogens with two attached hydrogens (primary N) is 1. The maximum Gasteiger partial charge on any atom is 0.134 e. The number of rotatable bonds is 4. The van der Waals surface area contributed by atoms with Crippen LogP contribution in [0.25, 0.3) is 11.0 Å². The Balaban J connectivity index is 2.29. The van der Waals surface area contributed by atoms with Crippen molar-refractivity contribution >= 4 is 11.0 Å². The Morgan fingerprint density at radius 1 is 1.35 bits per heavy atom. The predicted octanol–water partition coefficient (Wildman–Crippen LogP) is 3.17. The summed E-state index contributed by atoms with van der Waals surface area (Å²) in [5, 5.41) is 1.10. The zero-order valence-corrected chi connectivity index (χ0v) is 10.6. The summed E-state index contributed by atoms with van der Waals surface area (Å²) in [6.45, 7) is 6.65. The monoisotopic (exact) mass is 233 g/mol. The lowest BCUT2D eigenvalue weighted by Gasteiger charge is -2.17. The predicted molar refractivity (Wildman–Crippen MR) is 69.0 cm³/mol. The number of fused-ring (bicyclic) bond motifs is 1. The second-order valence-corrected chi connectivity index (χ2v) is 4.38. The van der Waals surface area contributed by atoms with Gasteiger partial charge in [-0.15, -0.1) is 0 Å². The maximum absolute atomic E-state index is 6.11. The number of hydrogen-bond acceptors (Lipinski definition) is 3. The van der Waals surface area contributed by atoms with Gasteiger partial charge in [0.15, 0.2) is 0 Å². The maximum atomic E-state index is 6.11. The van der Waals surface area contributed by atoms with Crippen molar-refractivity contribution in [1.82, 2.24) is 0 Å². The van der Waals surface area contributed by atoms with Crippen molar-refractivity contribution in [3.05, 3.63) is 35.6 Å². The van der Waals surface area contributed by atoms with Crippen LogP contribution in [0.1, 0.15) is 31.2 Å². The molecular weight excluding hydrogens is 214 g/mol. The number of aryl methyl sites for hydroxylation is 1. The van der Waals surface area contributed by atoms with Gasteiger partial charge in [0.05, 0.1) is 12.1 Å². The van der Waals surface area contributed by atoms with E-state index in [1.807, 2.05) is 32.0 Å². The quantitative estimate of drug-likeness (QED) is 0.882. The fourth-order valence-corrected chi connectivity index (χ4v) is 1.95. The standard InChI is InChI=1S/C14H19NO2/c1-4-16-10(3)14(15)13-8-11-7-9(2)5-6-12(11)17-13/h5-8,10,14H,4,15H2,1-3H3. The second-order valence-electron chi connectivity index (χ2n) is 4.38. The molecule has 0 aliphatic heterocycles. The summed E-state index contributed by atoms with van der Waals surface area (Å²) in [7, 11) is 0. The minimum absolute atomic E-state index is 0.0401. The molecule has 2 atom stereocenters. The summed E-state index contributed by atoms with van der Waals surface area (Å²) in [5.74, 6) is 0.784. The molecule has 92 valence electrons. The van der Waals surface area contributed by atoms with Gasteiger partial charge in [-0.3, -0.25) is 0 Å². The minimum atomic E-state index is -0.220. The van der Waals surface area contributed by atoms with Crippen LogP contribution in [0.4, 0.5) is 0 Å². The van der Waals surface area contributed by atoms with Crippen LogP contribution in [0.15, 0.2) is 28.7 Å². The highest BCUT2D eigenvalue weighted by molar-refractivity contribution is 5.78. The van der Waals surface area contributed by atoms with Gasteiger partial charge in [0, 0.05) is 12.0 Å². The minimum Gasteiger partial charge on any atom is -0.459 e. The van der Waals surface area contributed by atoms with Crippen LogP contribution in [0.3, 0.4) is 0 Å². The summed E-state index contributed by atoms with van der Waals surface area (Å²) in [5.41, 5.74) is 8.21. The Morgan fingerprint density at radius 3 is 2.82 bits per heavy atom. The Labute approximate surface area is 102 Å². The van der Waals surface area contributed by atoms with E-state index in [1.54, 1.807) is 0 Å². The molecule has 0 spiro atoms. The van der Waals surface area contributed by atoms with Crippen LogP contribution in [0.5, 0.6) is 0 Å². The molecule has 0 amide bonds. The zero-order chi connectivity index (χ0) is 12.4. The summed E-state index contributed by atoms with van der Waals surface area (Å²) < 4.78 is 11.2. The third-order valence-corrected chi connectivity index (χ3v) is 2.95. The first-order valence-electron chi connectivity index (χ1n) is 5.99. The van der Waals surface area contributed by atoms with Crippen molar-refractivity contribution in [3.8, 4) is 0 Å². The first-order chi connectivity index (χ1) is 8.11. The van der Waals surface area contributed by atoms with Gasteiger partial charge in [0.2, 0.25) is 0 Å². The molecule has 0 aliphatic rings. The molecule has 0 fully saturated rings. The number of benzene rings is 1. The third kappa shape index (κ3) is 2.51. The van der Waals surface area contributed by atoms with Crippen LogP contribution in [-0.4, -0.2) is 12.7 Å². The van der Waals surface area contributed by atoms with Crippen LogP contribution < -0.4 is 5.73 Å². The zero-order valence-electron chi connectivity index (χ0n) is 10.6. The Kier molecular flexibility index (Phi) is 3.50. The summed E-state index contributed by atoms with van der Waals surface area (Å²) >= 11 is 0. The van der Waals surface area contributed by atoms with E-state index in [4.69, 9.17) is 14.9 Å². The van der Waals surface area contributed by atoms with Gasteiger partial charge >= 0.3 is 0 Å². The Hall–Kier alpha value is -1.32. The van der Waals surface area contributed by atoms with Crippen LogP contribution in [0, 0.1) is 6.92 Å². The van der Waals surface area contributed by atoms with E-state index in [1.165, 1.54) is 5.56 Å². The molecule has 0 bridgehead atoms. The summed E-state index contributed by atoms with van der Waals surface area (Å²) in [6.07, 6.45) is -0.0401. The highest BCUT2D eigenvalue weighted by Crippen LogP contribution is 2.26. The van der Waals surface area contributed by atoms with Gasteiger partial charge in [0.25, 0.3) is 0 Å². The van der Waals surface area contributed by atoms with Gasteiger partial charge in [-0.05, 0) is 39.0 Å². The molecule has 17 heavy (non-hydrogen) atoms. The smallest absolute Gasteiger partial charge is 0.134 e. The normalized spacial score (nSPS) is 15.1. The molecule has 2 unspecified atom stereocenters. The van der Waals surface area contributed by atoms with Gasteiger partial charge in [-0.25, -0.2) is 0 Å². The van der Waals surface area contributed by atoms with Crippen molar-refractivity contribution in [2.75, 3.05) is 6.61 Å². The second kappa shape index (κ2) is 4.90. The van der Waals surface area contributed by atoms with Crippen molar-refractivity contribution in [3.63, 3.8) is 0 Å². The lowest BCUT2D eigenvalue weighted by Crippen LogP contribution is -2.25.